The number of aliphatic carboxylic acids is 2. The molecule has 204 valence electrons. The van der Waals surface area contributed by atoms with E-state index in [-0.39, 0.29) is 17.2 Å². The van der Waals surface area contributed by atoms with E-state index in [1.807, 2.05) is 0 Å². The highest BCUT2D eigenvalue weighted by molar-refractivity contribution is 5.92. The SMILES string of the molecule is CCCC1Cc2[nH]c(N)nc2[C@@H](N)C1.Cc1ccc([C@@](O)(C(=O)O)[C@](O)(C(=O)O)c2ccc(C)cc2)cc1. The molecule has 0 bridgehead atoms. The van der Waals surface area contributed by atoms with E-state index >= 15 is 0 Å². The van der Waals surface area contributed by atoms with Crippen LogP contribution >= 0.6 is 0 Å². The number of hydrogen-bond acceptors (Lipinski definition) is 7. The number of carbonyl (C=O) groups is 2. The lowest BCUT2D eigenvalue weighted by atomic mass is 9.73. The quantitative estimate of drug-likeness (QED) is 0.243. The van der Waals surface area contributed by atoms with Crippen molar-refractivity contribution in [3.63, 3.8) is 0 Å². The smallest absolute Gasteiger partial charge is 0.344 e. The van der Waals surface area contributed by atoms with Gasteiger partial charge in [-0.05, 0) is 43.7 Å². The van der Waals surface area contributed by atoms with E-state index < -0.39 is 23.1 Å². The minimum atomic E-state index is -3.07. The number of nitrogens with zero attached hydrogens (tertiary/aromatic N) is 1. The van der Waals surface area contributed by atoms with Crippen molar-refractivity contribution >= 4 is 17.9 Å². The van der Waals surface area contributed by atoms with Crippen LogP contribution < -0.4 is 11.5 Å². The molecule has 2 aromatic carbocycles. The molecule has 0 fully saturated rings. The second kappa shape index (κ2) is 11.3. The number of imidazole rings is 1. The van der Waals surface area contributed by atoms with Gasteiger partial charge < -0.3 is 36.9 Å². The third-order valence-corrected chi connectivity index (χ3v) is 7.04. The molecule has 1 unspecified atom stereocenters. The molecule has 0 saturated carbocycles. The van der Waals surface area contributed by atoms with E-state index in [9.17, 15) is 30.0 Å². The number of nitrogens with two attached hydrogens (primary N) is 2. The van der Waals surface area contributed by atoms with Crippen LogP contribution in [0.4, 0.5) is 5.95 Å². The normalized spacial score (nSPS) is 19.7. The minimum Gasteiger partial charge on any atom is -0.479 e. The number of carboxylic acid groups (broad SMARTS) is 2. The van der Waals surface area contributed by atoms with Crippen molar-refractivity contribution in [1.82, 2.24) is 9.97 Å². The Morgan fingerprint density at radius 1 is 0.947 bits per heavy atom. The summed E-state index contributed by atoms with van der Waals surface area (Å²) < 4.78 is 0. The Labute approximate surface area is 221 Å². The van der Waals surface area contributed by atoms with Gasteiger partial charge in [-0.25, -0.2) is 14.6 Å². The number of carboxylic acids is 2. The van der Waals surface area contributed by atoms with Gasteiger partial charge in [0.05, 0.1) is 5.69 Å². The highest BCUT2D eigenvalue weighted by Gasteiger charge is 2.63. The molecule has 9 N–H and O–H groups in total. The molecular weight excluding hydrogens is 488 g/mol. The molecule has 10 heteroatoms. The second-order valence-electron chi connectivity index (χ2n) is 9.95. The van der Waals surface area contributed by atoms with Gasteiger partial charge >= 0.3 is 11.9 Å². The Kier molecular flexibility index (Phi) is 8.61. The van der Waals surface area contributed by atoms with Crippen molar-refractivity contribution in [3.8, 4) is 0 Å². The number of nitrogens with one attached hydrogen (secondary N) is 1. The fraction of sp³-hybridized carbons (Fsp3) is 0.393. The van der Waals surface area contributed by atoms with Gasteiger partial charge in [0.1, 0.15) is 0 Å². The first kappa shape index (κ1) is 28.8. The number of nitrogen functional groups attached to an aromatic ring is 1. The summed E-state index contributed by atoms with van der Waals surface area (Å²) in [6, 6.07) is 11.3. The van der Waals surface area contributed by atoms with Gasteiger partial charge in [0, 0.05) is 11.7 Å². The van der Waals surface area contributed by atoms with Gasteiger partial charge in [-0.3, -0.25) is 0 Å². The van der Waals surface area contributed by atoms with Crippen LogP contribution in [-0.4, -0.2) is 42.3 Å². The van der Waals surface area contributed by atoms with Crippen LogP contribution in [0, 0.1) is 19.8 Å². The van der Waals surface area contributed by atoms with E-state index in [0.717, 1.165) is 35.4 Å². The molecule has 4 rings (SSSR count). The van der Waals surface area contributed by atoms with Crippen LogP contribution in [-0.2, 0) is 27.2 Å². The lowest BCUT2D eigenvalue weighted by molar-refractivity contribution is -0.213. The molecule has 0 saturated heterocycles. The third-order valence-electron chi connectivity index (χ3n) is 7.04. The first-order valence-electron chi connectivity index (χ1n) is 12.5. The van der Waals surface area contributed by atoms with Gasteiger partial charge in [-0.15, -0.1) is 0 Å². The zero-order chi connectivity index (χ0) is 28.3. The zero-order valence-corrected chi connectivity index (χ0v) is 21.8. The predicted octanol–water partition coefficient (Wildman–Crippen LogP) is 2.90. The summed E-state index contributed by atoms with van der Waals surface area (Å²) in [5, 5.41) is 40.8. The predicted molar refractivity (Wildman–Crippen MR) is 142 cm³/mol. The Morgan fingerprint density at radius 2 is 1.39 bits per heavy atom. The van der Waals surface area contributed by atoms with Gasteiger partial charge in [0.2, 0.25) is 11.2 Å². The topological polar surface area (TPSA) is 196 Å². The molecule has 3 aromatic rings. The molecule has 10 nitrogen and oxygen atoms in total. The van der Waals surface area contributed by atoms with E-state index in [0.29, 0.717) is 11.9 Å². The minimum absolute atomic E-state index is 0.0730. The zero-order valence-electron chi connectivity index (χ0n) is 21.8. The Morgan fingerprint density at radius 3 is 1.79 bits per heavy atom. The van der Waals surface area contributed by atoms with Crippen LogP contribution in [0.5, 0.6) is 0 Å². The molecule has 1 heterocycles. The molecule has 1 aromatic heterocycles. The highest BCUT2D eigenvalue weighted by Crippen LogP contribution is 2.42. The molecule has 4 atom stereocenters. The summed E-state index contributed by atoms with van der Waals surface area (Å²) in [6.07, 6.45) is 4.56. The number of anilines is 1. The lowest BCUT2D eigenvalue weighted by Gasteiger charge is -2.37. The summed E-state index contributed by atoms with van der Waals surface area (Å²) in [5.41, 5.74) is 8.78. The van der Waals surface area contributed by atoms with Crippen LogP contribution in [0.25, 0.3) is 0 Å². The molecule has 0 spiro atoms. The summed E-state index contributed by atoms with van der Waals surface area (Å²) in [7, 11) is 0. The largest absolute Gasteiger partial charge is 0.479 e. The summed E-state index contributed by atoms with van der Waals surface area (Å²) in [4.78, 5) is 31.0. The maximum Gasteiger partial charge on any atom is 0.344 e. The number of aliphatic hydroxyl groups is 2. The molecular formula is C28H36N4O6. The molecule has 0 amide bonds. The Hall–Kier alpha value is -3.73. The van der Waals surface area contributed by atoms with Crippen molar-refractivity contribution in [3.05, 3.63) is 82.2 Å². The fourth-order valence-electron chi connectivity index (χ4n) is 4.94. The van der Waals surface area contributed by atoms with Crippen LogP contribution in [0.15, 0.2) is 48.5 Å². The molecule has 1 aliphatic carbocycles. The fourth-order valence-corrected chi connectivity index (χ4v) is 4.94. The monoisotopic (exact) mass is 524 g/mol. The van der Waals surface area contributed by atoms with Gasteiger partial charge in [0.15, 0.2) is 5.95 Å². The van der Waals surface area contributed by atoms with Crippen molar-refractivity contribution in [2.45, 2.75) is 63.7 Å². The molecule has 0 aliphatic heterocycles. The number of aryl methyl sites for hydroxylation is 2. The van der Waals surface area contributed by atoms with Crippen molar-refractivity contribution in [1.29, 1.82) is 0 Å². The number of rotatable bonds is 7. The average Bonchev–Trinajstić information content (AvgIpc) is 3.25. The first-order valence-corrected chi connectivity index (χ1v) is 12.5. The number of hydrogen-bond donors (Lipinski definition) is 7. The number of H-pyrrole nitrogens is 1. The molecule has 1 aliphatic rings. The van der Waals surface area contributed by atoms with Crippen molar-refractivity contribution in [2.75, 3.05) is 5.73 Å². The first-order chi connectivity index (χ1) is 17.8. The van der Waals surface area contributed by atoms with Gasteiger partial charge in [-0.1, -0.05) is 79.4 Å². The summed E-state index contributed by atoms with van der Waals surface area (Å²) >= 11 is 0. The van der Waals surface area contributed by atoms with Gasteiger partial charge in [-0.2, -0.15) is 0 Å². The maximum atomic E-state index is 11.8. The van der Waals surface area contributed by atoms with Crippen molar-refractivity contribution < 1.29 is 30.0 Å². The summed E-state index contributed by atoms with van der Waals surface area (Å²) in [6.45, 7) is 5.72. The van der Waals surface area contributed by atoms with E-state index in [4.69, 9.17) is 11.5 Å². The van der Waals surface area contributed by atoms with Crippen LogP contribution in [0.2, 0.25) is 0 Å². The Bertz CT molecular complexity index is 1210. The standard InChI is InChI=1S/C18H18O6.C10H18N4/c1-11-3-7-13(8-4-11)17(23,15(19)20)18(24,16(21)22)14-9-5-12(2)6-10-14;1-2-3-6-4-7(11)9-8(5-6)13-10(12)14-9/h3-10,23-24H,1-2H3,(H,19,20)(H,21,22);6-7H,2-5,11H2,1H3,(H3,12,13,14)/t17-,18-;6?,7-/m10/s1. The van der Waals surface area contributed by atoms with E-state index in [1.54, 1.807) is 13.8 Å². The number of aromatic nitrogens is 2. The highest BCUT2D eigenvalue weighted by atomic mass is 16.5. The number of fused-ring (bicyclic) bond motifs is 1. The van der Waals surface area contributed by atoms with Crippen LogP contribution in [0.3, 0.4) is 0 Å². The lowest BCUT2D eigenvalue weighted by Crippen LogP contribution is -2.59. The van der Waals surface area contributed by atoms with E-state index in [2.05, 4.69) is 16.9 Å². The number of aromatic amines is 1. The second-order valence-corrected chi connectivity index (χ2v) is 9.95. The number of benzene rings is 2. The van der Waals surface area contributed by atoms with E-state index in [1.165, 1.54) is 61.4 Å². The average molecular weight is 525 g/mol. The van der Waals surface area contributed by atoms with Gasteiger partial charge in [0.25, 0.3) is 0 Å². The maximum absolute atomic E-state index is 11.8. The van der Waals surface area contributed by atoms with Crippen LogP contribution in [0.1, 0.15) is 65.9 Å². The Balaban J connectivity index is 0.000000241. The molecule has 0 radical (unpaired) electrons. The third kappa shape index (κ3) is 5.42. The molecule has 38 heavy (non-hydrogen) atoms. The summed E-state index contributed by atoms with van der Waals surface area (Å²) in [5.74, 6) is -2.53. The van der Waals surface area contributed by atoms with Crippen molar-refractivity contribution in [2.24, 2.45) is 11.7 Å².